The molecule has 4 atom stereocenters. The van der Waals surface area contributed by atoms with Crippen LogP contribution in [0.1, 0.15) is 48.9 Å². The minimum absolute atomic E-state index is 0.0400. The minimum Gasteiger partial charge on any atom is -0.371 e. The number of hydrogen-bond acceptors (Lipinski definition) is 7. The van der Waals surface area contributed by atoms with Gasteiger partial charge in [-0.05, 0) is 37.1 Å². The van der Waals surface area contributed by atoms with Crippen molar-refractivity contribution in [1.82, 2.24) is 0 Å². The first-order valence-electron chi connectivity index (χ1n) is 11.1. The van der Waals surface area contributed by atoms with Crippen molar-refractivity contribution in [2.45, 2.75) is 69.6 Å². The Morgan fingerprint density at radius 1 is 1.00 bits per heavy atom. The summed E-state index contributed by atoms with van der Waals surface area (Å²) in [4.78, 5) is 12.8. The number of fused-ring (bicyclic) bond motifs is 1. The van der Waals surface area contributed by atoms with Gasteiger partial charge in [-0.25, -0.2) is 0 Å². The molecule has 2 N–H and O–H groups in total. The lowest BCUT2D eigenvalue weighted by molar-refractivity contribution is -0.181. The fraction of sp³-hybridized carbons (Fsp3) is 0.423. The van der Waals surface area contributed by atoms with Gasteiger partial charge in [0.25, 0.3) is 0 Å². The van der Waals surface area contributed by atoms with Crippen LogP contribution in [0.25, 0.3) is 0 Å². The van der Waals surface area contributed by atoms with Crippen LogP contribution in [0.2, 0.25) is 0 Å². The van der Waals surface area contributed by atoms with Crippen molar-refractivity contribution in [3.05, 3.63) is 70.8 Å². The Labute approximate surface area is 198 Å². The highest BCUT2D eigenvalue weighted by Crippen LogP contribution is 2.44. The molecular formula is C26H27N3O5. The van der Waals surface area contributed by atoms with Crippen LogP contribution in [0.3, 0.4) is 0 Å². The molecule has 0 bridgehead atoms. The molecule has 176 valence electrons. The molecule has 1 saturated carbocycles. The molecule has 2 aliphatic rings. The number of nitrogens with zero attached hydrogens (tertiary/aromatic N) is 2. The normalized spacial score (nSPS) is 27.4. The van der Waals surface area contributed by atoms with E-state index < -0.39 is 35.6 Å². The highest BCUT2D eigenvalue weighted by molar-refractivity contribution is 5.84. The number of carbonyl (C=O) groups excluding carboxylic acids is 1. The predicted molar refractivity (Wildman–Crippen MR) is 121 cm³/mol. The topological polar surface area (TPSA) is 128 Å². The van der Waals surface area contributed by atoms with Gasteiger partial charge in [-0.1, -0.05) is 36.4 Å². The molecule has 1 heterocycles. The highest BCUT2D eigenvalue weighted by atomic mass is 16.8. The van der Waals surface area contributed by atoms with Crippen LogP contribution in [-0.4, -0.2) is 35.6 Å². The first-order chi connectivity index (χ1) is 16.3. The van der Waals surface area contributed by atoms with Crippen LogP contribution >= 0.6 is 0 Å². The largest absolute Gasteiger partial charge is 0.371 e. The van der Waals surface area contributed by atoms with E-state index in [0.29, 0.717) is 16.7 Å². The third kappa shape index (κ3) is 4.82. The average molecular weight is 462 g/mol. The summed E-state index contributed by atoms with van der Waals surface area (Å²) >= 11 is 0. The molecule has 2 fully saturated rings. The lowest BCUT2D eigenvalue weighted by atomic mass is 9.78. The van der Waals surface area contributed by atoms with Crippen molar-refractivity contribution in [3.8, 4) is 12.1 Å². The number of benzene rings is 2. The Balaban J connectivity index is 1.59. The Morgan fingerprint density at radius 2 is 1.59 bits per heavy atom. The number of nitrogens with two attached hydrogens (primary N) is 1. The predicted octanol–water partition coefficient (Wildman–Crippen LogP) is 3.07. The SMILES string of the molecule is CC1(C)O[C@@H]2C[C@@](OCc3ccccc3C#N)(C(N)=O)CC(OCc3ccccc3C#N)[C@@H]2O1. The summed E-state index contributed by atoms with van der Waals surface area (Å²) in [6.07, 6.45) is -1.09. The van der Waals surface area contributed by atoms with Gasteiger partial charge in [-0.3, -0.25) is 4.79 Å². The Bertz CT molecular complexity index is 1150. The Morgan fingerprint density at radius 3 is 2.18 bits per heavy atom. The molecule has 4 rings (SSSR count). The highest BCUT2D eigenvalue weighted by Gasteiger charge is 2.57. The number of rotatable bonds is 7. The van der Waals surface area contributed by atoms with E-state index in [4.69, 9.17) is 24.7 Å². The fourth-order valence-corrected chi connectivity index (χ4v) is 4.65. The second-order valence-electron chi connectivity index (χ2n) is 9.08. The van der Waals surface area contributed by atoms with E-state index in [1.165, 1.54) is 0 Å². The lowest BCUT2D eigenvalue weighted by Gasteiger charge is -2.42. The van der Waals surface area contributed by atoms with Crippen LogP contribution in [0, 0.1) is 22.7 Å². The second kappa shape index (κ2) is 9.54. The molecule has 0 radical (unpaired) electrons. The van der Waals surface area contributed by atoms with E-state index in [1.54, 1.807) is 30.3 Å². The van der Waals surface area contributed by atoms with Crippen molar-refractivity contribution in [1.29, 1.82) is 10.5 Å². The number of ether oxygens (including phenoxy) is 4. The molecule has 34 heavy (non-hydrogen) atoms. The quantitative estimate of drug-likeness (QED) is 0.671. The van der Waals surface area contributed by atoms with E-state index in [0.717, 1.165) is 5.56 Å². The molecular weight excluding hydrogens is 434 g/mol. The Kier molecular flexibility index (Phi) is 6.70. The van der Waals surface area contributed by atoms with E-state index in [9.17, 15) is 15.3 Å². The Hall–Kier alpha value is -3.27. The third-order valence-corrected chi connectivity index (χ3v) is 6.33. The van der Waals surface area contributed by atoms with Crippen LogP contribution in [0.15, 0.2) is 48.5 Å². The summed E-state index contributed by atoms with van der Waals surface area (Å²) in [6, 6.07) is 18.5. The van der Waals surface area contributed by atoms with Crippen LogP contribution in [-0.2, 0) is 37.0 Å². The number of hydrogen-bond donors (Lipinski definition) is 1. The van der Waals surface area contributed by atoms with Crippen molar-refractivity contribution in [2.24, 2.45) is 5.73 Å². The van der Waals surface area contributed by atoms with E-state index in [2.05, 4.69) is 12.1 Å². The molecule has 1 saturated heterocycles. The number of amides is 1. The van der Waals surface area contributed by atoms with Gasteiger partial charge in [0.15, 0.2) is 11.4 Å². The summed E-state index contributed by atoms with van der Waals surface area (Å²) in [7, 11) is 0. The van der Waals surface area contributed by atoms with Crippen molar-refractivity contribution >= 4 is 5.91 Å². The van der Waals surface area contributed by atoms with Gasteiger partial charge in [0, 0.05) is 12.8 Å². The molecule has 2 aromatic rings. The summed E-state index contributed by atoms with van der Waals surface area (Å²) in [5, 5.41) is 18.8. The smallest absolute Gasteiger partial charge is 0.249 e. The standard InChI is InChI=1S/C26H27N3O5/c1-25(2)33-22-12-26(24(29)30,32-16-20-10-6-4-8-18(20)14-28)11-21(23(22)34-25)31-15-19-9-5-3-7-17(19)13-27/h3-10,21-23H,11-12,15-16H2,1-2H3,(H2,29,30)/t21?,22-,23+,26-/m1/s1. The third-order valence-electron chi connectivity index (χ3n) is 6.33. The summed E-state index contributed by atoms with van der Waals surface area (Å²) in [5.41, 5.74) is 6.90. The summed E-state index contributed by atoms with van der Waals surface area (Å²) in [6.45, 7) is 3.82. The maximum Gasteiger partial charge on any atom is 0.249 e. The second-order valence-corrected chi connectivity index (χ2v) is 9.08. The minimum atomic E-state index is -1.37. The zero-order valence-electron chi connectivity index (χ0n) is 19.2. The molecule has 8 nitrogen and oxygen atoms in total. The molecule has 2 aromatic carbocycles. The van der Waals surface area contributed by atoms with Crippen LogP contribution in [0.5, 0.6) is 0 Å². The van der Waals surface area contributed by atoms with Crippen molar-refractivity contribution < 1.29 is 23.7 Å². The molecule has 8 heteroatoms. The van der Waals surface area contributed by atoms with Gasteiger partial charge in [0.1, 0.15) is 6.10 Å². The number of carbonyl (C=O) groups is 1. The average Bonchev–Trinajstić information content (AvgIpc) is 3.15. The van der Waals surface area contributed by atoms with Crippen LogP contribution in [0.4, 0.5) is 0 Å². The maximum absolute atomic E-state index is 12.8. The first kappa shape index (κ1) is 23.9. The monoisotopic (exact) mass is 461 g/mol. The van der Waals surface area contributed by atoms with Gasteiger partial charge in [-0.2, -0.15) is 10.5 Å². The molecule has 1 aliphatic heterocycles. The van der Waals surface area contributed by atoms with Crippen LogP contribution < -0.4 is 5.73 Å². The zero-order valence-corrected chi connectivity index (χ0v) is 19.2. The van der Waals surface area contributed by atoms with Gasteiger partial charge in [0.05, 0.1) is 48.7 Å². The van der Waals surface area contributed by atoms with E-state index in [-0.39, 0.29) is 26.1 Å². The molecule has 0 spiro atoms. The van der Waals surface area contributed by atoms with E-state index >= 15 is 0 Å². The molecule has 1 unspecified atom stereocenters. The number of nitriles is 2. The lowest BCUT2D eigenvalue weighted by Crippen LogP contribution is -2.59. The van der Waals surface area contributed by atoms with Gasteiger partial charge >= 0.3 is 0 Å². The molecule has 0 aromatic heterocycles. The fourth-order valence-electron chi connectivity index (χ4n) is 4.65. The first-order valence-corrected chi connectivity index (χ1v) is 11.1. The number of primary amides is 1. The van der Waals surface area contributed by atoms with Crippen molar-refractivity contribution in [2.75, 3.05) is 0 Å². The summed E-state index contributed by atoms with van der Waals surface area (Å²) < 4.78 is 24.6. The zero-order chi connectivity index (χ0) is 24.3. The maximum atomic E-state index is 12.8. The van der Waals surface area contributed by atoms with Crippen molar-refractivity contribution in [3.63, 3.8) is 0 Å². The molecule has 1 aliphatic carbocycles. The molecule has 1 amide bonds. The van der Waals surface area contributed by atoms with Gasteiger partial charge in [0.2, 0.25) is 5.91 Å². The van der Waals surface area contributed by atoms with Gasteiger partial charge in [-0.15, -0.1) is 0 Å². The van der Waals surface area contributed by atoms with E-state index in [1.807, 2.05) is 32.0 Å². The summed E-state index contributed by atoms with van der Waals surface area (Å²) in [5.74, 6) is -1.48. The van der Waals surface area contributed by atoms with Gasteiger partial charge < -0.3 is 24.7 Å².